The topological polar surface area (TPSA) is 4.93 Å². The standard InChI is InChI=1S/C9H15N.C2H6/c1-7(2)10-8(3)5-6-9(10)4;1-2/h5-7H,1-4H3;1-2H3. The summed E-state index contributed by atoms with van der Waals surface area (Å²) in [6.07, 6.45) is 0. The zero-order valence-electron chi connectivity index (χ0n) is 9.18. The summed E-state index contributed by atoms with van der Waals surface area (Å²) in [5, 5.41) is 0. The molecule has 0 unspecified atom stereocenters. The quantitative estimate of drug-likeness (QED) is 0.601. The lowest BCUT2D eigenvalue weighted by molar-refractivity contribution is 0.575. The summed E-state index contributed by atoms with van der Waals surface area (Å²) in [6, 6.07) is 4.92. The molecule has 1 heterocycles. The van der Waals surface area contributed by atoms with Crippen molar-refractivity contribution >= 4 is 0 Å². The summed E-state index contributed by atoms with van der Waals surface area (Å²) in [5.41, 5.74) is 2.71. The first-order valence-electron chi connectivity index (χ1n) is 4.77. The van der Waals surface area contributed by atoms with E-state index in [4.69, 9.17) is 0 Å². The minimum absolute atomic E-state index is 0.593. The second-order valence-electron chi connectivity index (χ2n) is 3.08. The number of aryl methyl sites for hydroxylation is 2. The van der Waals surface area contributed by atoms with Gasteiger partial charge in [-0.2, -0.15) is 0 Å². The molecule has 0 amide bonds. The zero-order valence-corrected chi connectivity index (χ0v) is 9.18. The van der Waals surface area contributed by atoms with Crippen LogP contribution in [0.4, 0.5) is 0 Å². The third-order valence-corrected chi connectivity index (χ3v) is 1.84. The van der Waals surface area contributed by atoms with Crippen molar-refractivity contribution in [3.63, 3.8) is 0 Å². The highest BCUT2D eigenvalue weighted by molar-refractivity contribution is 5.14. The molecule has 1 heteroatoms. The van der Waals surface area contributed by atoms with Gasteiger partial charge in [-0.3, -0.25) is 0 Å². The van der Waals surface area contributed by atoms with Crippen LogP contribution < -0.4 is 0 Å². The molecule has 1 aromatic heterocycles. The molecule has 0 spiro atoms. The van der Waals surface area contributed by atoms with E-state index in [9.17, 15) is 0 Å². The van der Waals surface area contributed by atoms with Crippen molar-refractivity contribution in [1.82, 2.24) is 4.57 Å². The molecule has 12 heavy (non-hydrogen) atoms. The van der Waals surface area contributed by atoms with E-state index in [1.165, 1.54) is 11.4 Å². The summed E-state index contributed by atoms with van der Waals surface area (Å²) >= 11 is 0. The second-order valence-corrected chi connectivity index (χ2v) is 3.08. The van der Waals surface area contributed by atoms with Gasteiger partial charge in [0.05, 0.1) is 0 Å². The lowest BCUT2D eigenvalue weighted by atomic mass is 10.3. The van der Waals surface area contributed by atoms with Crippen LogP contribution in [0.25, 0.3) is 0 Å². The number of nitrogens with zero attached hydrogens (tertiary/aromatic N) is 1. The fraction of sp³-hybridized carbons (Fsp3) is 0.636. The Balaban J connectivity index is 0.000000561. The lowest BCUT2D eigenvalue weighted by Crippen LogP contribution is -2.03. The van der Waals surface area contributed by atoms with Crippen molar-refractivity contribution in [3.8, 4) is 0 Å². The Kier molecular flexibility index (Phi) is 4.72. The smallest absolute Gasteiger partial charge is 0.0279 e. The van der Waals surface area contributed by atoms with Crippen LogP contribution in [-0.2, 0) is 0 Å². The summed E-state index contributed by atoms with van der Waals surface area (Å²) in [6.45, 7) is 12.7. The van der Waals surface area contributed by atoms with Gasteiger partial charge in [0, 0.05) is 17.4 Å². The molecule has 0 aliphatic carbocycles. The van der Waals surface area contributed by atoms with Crippen molar-refractivity contribution in [1.29, 1.82) is 0 Å². The Morgan fingerprint density at radius 3 is 1.50 bits per heavy atom. The highest BCUT2D eigenvalue weighted by Crippen LogP contribution is 2.13. The number of aromatic nitrogens is 1. The fourth-order valence-electron chi connectivity index (χ4n) is 1.49. The number of hydrogen-bond donors (Lipinski definition) is 0. The van der Waals surface area contributed by atoms with E-state index in [2.05, 4.69) is 44.4 Å². The van der Waals surface area contributed by atoms with Crippen molar-refractivity contribution in [2.45, 2.75) is 47.6 Å². The largest absolute Gasteiger partial charge is 0.347 e. The molecular formula is C11H21N. The van der Waals surface area contributed by atoms with Crippen LogP contribution in [0, 0.1) is 13.8 Å². The van der Waals surface area contributed by atoms with Gasteiger partial charge in [0.15, 0.2) is 0 Å². The van der Waals surface area contributed by atoms with E-state index in [1.54, 1.807) is 0 Å². The van der Waals surface area contributed by atoms with Gasteiger partial charge in [-0.25, -0.2) is 0 Å². The van der Waals surface area contributed by atoms with Gasteiger partial charge in [0.25, 0.3) is 0 Å². The van der Waals surface area contributed by atoms with E-state index in [1.807, 2.05) is 13.8 Å². The fourth-order valence-corrected chi connectivity index (χ4v) is 1.49. The minimum atomic E-state index is 0.593. The third kappa shape index (κ3) is 2.40. The summed E-state index contributed by atoms with van der Waals surface area (Å²) in [5.74, 6) is 0. The average Bonchev–Trinajstić information content (AvgIpc) is 2.35. The highest BCUT2D eigenvalue weighted by atomic mass is 15.0. The van der Waals surface area contributed by atoms with Crippen molar-refractivity contribution < 1.29 is 0 Å². The van der Waals surface area contributed by atoms with Crippen LogP contribution in [0.1, 0.15) is 45.1 Å². The summed E-state index contributed by atoms with van der Waals surface area (Å²) in [4.78, 5) is 0. The average molecular weight is 167 g/mol. The van der Waals surface area contributed by atoms with Gasteiger partial charge >= 0.3 is 0 Å². The molecular weight excluding hydrogens is 146 g/mol. The molecule has 0 radical (unpaired) electrons. The van der Waals surface area contributed by atoms with E-state index >= 15 is 0 Å². The third-order valence-electron chi connectivity index (χ3n) is 1.84. The van der Waals surface area contributed by atoms with E-state index in [0.29, 0.717) is 6.04 Å². The molecule has 1 nitrogen and oxygen atoms in total. The van der Waals surface area contributed by atoms with E-state index < -0.39 is 0 Å². The Morgan fingerprint density at radius 2 is 1.33 bits per heavy atom. The van der Waals surface area contributed by atoms with Crippen LogP contribution >= 0.6 is 0 Å². The molecule has 1 aromatic rings. The zero-order chi connectivity index (χ0) is 9.72. The summed E-state index contributed by atoms with van der Waals surface area (Å²) in [7, 11) is 0. The monoisotopic (exact) mass is 167 g/mol. The van der Waals surface area contributed by atoms with Gasteiger partial charge in [-0.05, 0) is 39.8 Å². The first-order valence-corrected chi connectivity index (χ1v) is 4.77. The Labute approximate surface area is 76.4 Å². The van der Waals surface area contributed by atoms with Gasteiger partial charge in [0.2, 0.25) is 0 Å². The number of rotatable bonds is 1. The minimum Gasteiger partial charge on any atom is -0.347 e. The molecule has 0 saturated heterocycles. The van der Waals surface area contributed by atoms with Crippen LogP contribution in [0.15, 0.2) is 12.1 Å². The van der Waals surface area contributed by atoms with Crippen LogP contribution in [0.3, 0.4) is 0 Å². The molecule has 0 N–H and O–H groups in total. The Hall–Kier alpha value is -0.720. The van der Waals surface area contributed by atoms with Crippen molar-refractivity contribution in [2.24, 2.45) is 0 Å². The maximum atomic E-state index is 2.33. The molecule has 0 aliphatic rings. The predicted molar refractivity (Wildman–Crippen MR) is 55.6 cm³/mol. The van der Waals surface area contributed by atoms with Crippen molar-refractivity contribution in [2.75, 3.05) is 0 Å². The molecule has 70 valence electrons. The summed E-state index contributed by atoms with van der Waals surface area (Å²) < 4.78 is 2.33. The molecule has 0 fully saturated rings. The SMILES string of the molecule is CC.Cc1ccc(C)n1C(C)C. The molecule has 0 bridgehead atoms. The predicted octanol–water partition coefficient (Wildman–Crippen LogP) is 3.71. The number of hydrogen-bond acceptors (Lipinski definition) is 0. The van der Waals surface area contributed by atoms with Gasteiger partial charge in [0.1, 0.15) is 0 Å². The Bertz CT molecular complexity index is 201. The van der Waals surface area contributed by atoms with Crippen molar-refractivity contribution in [3.05, 3.63) is 23.5 Å². The first kappa shape index (κ1) is 11.3. The maximum absolute atomic E-state index is 2.33. The Morgan fingerprint density at radius 1 is 1.00 bits per heavy atom. The van der Waals surface area contributed by atoms with Crippen LogP contribution in [-0.4, -0.2) is 4.57 Å². The van der Waals surface area contributed by atoms with Gasteiger partial charge in [-0.1, -0.05) is 13.8 Å². The normalized spacial score (nSPS) is 9.58. The van der Waals surface area contributed by atoms with Crippen LogP contribution in [0.5, 0.6) is 0 Å². The molecule has 0 atom stereocenters. The lowest BCUT2D eigenvalue weighted by Gasteiger charge is -2.12. The second kappa shape index (κ2) is 5.02. The first-order chi connectivity index (χ1) is 5.63. The highest BCUT2D eigenvalue weighted by Gasteiger charge is 2.02. The van der Waals surface area contributed by atoms with Gasteiger partial charge < -0.3 is 4.57 Å². The maximum Gasteiger partial charge on any atom is 0.0279 e. The molecule has 1 rings (SSSR count). The van der Waals surface area contributed by atoms with Crippen LogP contribution in [0.2, 0.25) is 0 Å². The molecule has 0 saturated carbocycles. The molecule has 0 aliphatic heterocycles. The molecule has 0 aromatic carbocycles. The van der Waals surface area contributed by atoms with E-state index in [-0.39, 0.29) is 0 Å². The van der Waals surface area contributed by atoms with Gasteiger partial charge in [-0.15, -0.1) is 0 Å². The van der Waals surface area contributed by atoms with E-state index in [0.717, 1.165) is 0 Å².